The van der Waals surface area contributed by atoms with Crippen molar-refractivity contribution in [3.05, 3.63) is 58.1 Å². The number of aromatic nitrogens is 2. The second-order valence-corrected chi connectivity index (χ2v) is 6.59. The molecule has 0 atom stereocenters. The fourth-order valence-electron chi connectivity index (χ4n) is 2.30. The zero-order valence-corrected chi connectivity index (χ0v) is 14.6. The predicted molar refractivity (Wildman–Crippen MR) is 95.8 cm³/mol. The van der Waals surface area contributed by atoms with Crippen molar-refractivity contribution >= 4 is 17.2 Å². The molecule has 2 heterocycles. The summed E-state index contributed by atoms with van der Waals surface area (Å²) in [5.41, 5.74) is 3.00. The molecule has 0 saturated heterocycles. The van der Waals surface area contributed by atoms with Crippen molar-refractivity contribution in [1.29, 1.82) is 0 Å². The number of aromatic hydroxyl groups is 2. The molecule has 1 aromatic carbocycles. The van der Waals surface area contributed by atoms with Crippen LogP contribution in [0.1, 0.15) is 27.2 Å². The number of hydrogen-bond acceptors (Lipinski definition) is 6. The van der Waals surface area contributed by atoms with Gasteiger partial charge in [0.1, 0.15) is 0 Å². The number of nitrogens with one attached hydrogen (secondary N) is 1. The Kier molecular flexibility index (Phi) is 4.67. The molecule has 0 aliphatic heterocycles. The van der Waals surface area contributed by atoms with E-state index in [1.165, 1.54) is 16.9 Å². The van der Waals surface area contributed by atoms with Crippen molar-refractivity contribution in [3.63, 3.8) is 0 Å². The molecule has 25 heavy (non-hydrogen) atoms. The lowest BCUT2D eigenvalue weighted by Gasteiger charge is -2.09. The minimum atomic E-state index is -0.627. The van der Waals surface area contributed by atoms with Gasteiger partial charge in [-0.2, -0.15) is 4.98 Å². The quantitative estimate of drug-likeness (QED) is 0.668. The van der Waals surface area contributed by atoms with Crippen molar-refractivity contribution in [2.75, 3.05) is 0 Å². The molecular weight excluding hydrogens is 338 g/mol. The predicted octanol–water partition coefficient (Wildman–Crippen LogP) is 3.16. The van der Waals surface area contributed by atoms with Crippen LogP contribution in [0.3, 0.4) is 0 Å². The van der Waals surface area contributed by atoms with Crippen LogP contribution < -0.4 is 5.32 Å². The molecular formula is C18H17N3O3S. The van der Waals surface area contributed by atoms with Crippen LogP contribution in [0.4, 0.5) is 0 Å². The normalized spacial score (nSPS) is 10.6. The van der Waals surface area contributed by atoms with Gasteiger partial charge in [0.25, 0.3) is 11.8 Å². The topological polar surface area (TPSA) is 95.3 Å². The van der Waals surface area contributed by atoms with Crippen molar-refractivity contribution in [2.45, 2.75) is 20.4 Å². The van der Waals surface area contributed by atoms with Crippen LogP contribution in [0.25, 0.3) is 10.7 Å². The van der Waals surface area contributed by atoms with Gasteiger partial charge in [-0.15, -0.1) is 11.3 Å². The summed E-state index contributed by atoms with van der Waals surface area (Å²) in [6.07, 6.45) is 0. The summed E-state index contributed by atoms with van der Waals surface area (Å²) in [4.78, 5) is 21.0. The van der Waals surface area contributed by atoms with Crippen LogP contribution in [0.5, 0.6) is 11.6 Å². The summed E-state index contributed by atoms with van der Waals surface area (Å²) < 4.78 is 0. The lowest BCUT2D eigenvalue weighted by Crippen LogP contribution is -2.24. The highest BCUT2D eigenvalue weighted by molar-refractivity contribution is 7.13. The molecule has 0 saturated carbocycles. The largest absolute Gasteiger partial charge is 0.501 e. The van der Waals surface area contributed by atoms with Crippen LogP contribution in [0.15, 0.2) is 35.7 Å². The van der Waals surface area contributed by atoms with Gasteiger partial charge in [0.05, 0.1) is 4.88 Å². The van der Waals surface area contributed by atoms with E-state index in [0.717, 1.165) is 11.1 Å². The van der Waals surface area contributed by atoms with E-state index in [2.05, 4.69) is 15.3 Å². The zero-order valence-electron chi connectivity index (χ0n) is 13.8. The van der Waals surface area contributed by atoms with E-state index in [9.17, 15) is 15.0 Å². The summed E-state index contributed by atoms with van der Waals surface area (Å²) in [6, 6.07) is 9.49. The minimum absolute atomic E-state index is 0.196. The molecule has 0 aliphatic carbocycles. The molecule has 128 valence electrons. The van der Waals surface area contributed by atoms with E-state index in [0.29, 0.717) is 11.4 Å². The van der Waals surface area contributed by atoms with Crippen molar-refractivity contribution in [1.82, 2.24) is 15.3 Å². The molecule has 0 aliphatic rings. The van der Waals surface area contributed by atoms with Gasteiger partial charge in [-0.3, -0.25) is 4.79 Å². The van der Waals surface area contributed by atoms with Crippen LogP contribution in [0.2, 0.25) is 0 Å². The van der Waals surface area contributed by atoms with Crippen LogP contribution in [-0.2, 0) is 6.54 Å². The number of rotatable bonds is 4. The molecule has 3 aromatic rings. The Morgan fingerprint density at radius 3 is 2.64 bits per heavy atom. The zero-order chi connectivity index (χ0) is 18.0. The second-order valence-electron chi connectivity index (χ2n) is 5.65. The fourth-order valence-corrected chi connectivity index (χ4v) is 2.95. The molecule has 3 N–H and O–H groups in total. The number of hydrogen-bond donors (Lipinski definition) is 3. The van der Waals surface area contributed by atoms with Gasteiger partial charge in [-0.05, 0) is 42.0 Å². The number of carbonyl (C=O) groups excluding carboxylic acids is 1. The van der Waals surface area contributed by atoms with Gasteiger partial charge in [0.2, 0.25) is 5.75 Å². The molecule has 1 amide bonds. The summed E-state index contributed by atoms with van der Waals surface area (Å²) in [6.45, 7) is 4.31. The van der Waals surface area contributed by atoms with E-state index in [1.807, 2.05) is 43.5 Å². The van der Waals surface area contributed by atoms with Crippen molar-refractivity contribution < 1.29 is 15.0 Å². The first-order valence-electron chi connectivity index (χ1n) is 7.64. The monoisotopic (exact) mass is 355 g/mol. The Bertz CT molecular complexity index is 924. The number of thiophene rings is 1. The molecule has 3 rings (SSSR count). The Morgan fingerprint density at radius 1 is 1.16 bits per heavy atom. The first-order chi connectivity index (χ1) is 12.0. The molecule has 0 fully saturated rings. The molecule has 0 spiro atoms. The number of aryl methyl sites for hydroxylation is 2. The van der Waals surface area contributed by atoms with Gasteiger partial charge in [0, 0.05) is 6.54 Å². The maximum absolute atomic E-state index is 12.4. The van der Waals surface area contributed by atoms with E-state index in [1.54, 1.807) is 6.07 Å². The summed E-state index contributed by atoms with van der Waals surface area (Å²) in [5, 5.41) is 24.3. The number of carbonyl (C=O) groups is 1. The molecule has 0 radical (unpaired) electrons. The Labute approximate surface area is 148 Å². The van der Waals surface area contributed by atoms with Gasteiger partial charge in [-0.1, -0.05) is 24.3 Å². The smallest absolute Gasteiger partial charge is 0.274 e. The first-order valence-corrected chi connectivity index (χ1v) is 8.52. The highest BCUT2D eigenvalue weighted by atomic mass is 32.1. The van der Waals surface area contributed by atoms with Gasteiger partial charge < -0.3 is 15.5 Å². The number of nitrogens with zero attached hydrogens (tertiary/aromatic N) is 2. The average molecular weight is 355 g/mol. The number of benzene rings is 1. The highest BCUT2D eigenvalue weighted by Gasteiger charge is 2.20. The summed E-state index contributed by atoms with van der Waals surface area (Å²) in [7, 11) is 0. The third kappa shape index (κ3) is 3.61. The Balaban J connectivity index is 1.82. The van der Waals surface area contributed by atoms with Crippen molar-refractivity contribution in [2.24, 2.45) is 0 Å². The third-order valence-electron chi connectivity index (χ3n) is 3.85. The molecule has 2 aromatic heterocycles. The Hall–Kier alpha value is -2.93. The first kappa shape index (κ1) is 16.9. The maximum Gasteiger partial charge on any atom is 0.274 e. The van der Waals surface area contributed by atoms with E-state index in [4.69, 9.17) is 0 Å². The second kappa shape index (κ2) is 6.90. The molecule has 6 nitrogen and oxygen atoms in total. The summed E-state index contributed by atoms with van der Waals surface area (Å²) in [5.74, 6) is -1.62. The van der Waals surface area contributed by atoms with Gasteiger partial charge in [0.15, 0.2) is 11.5 Å². The average Bonchev–Trinajstić information content (AvgIpc) is 3.12. The molecule has 0 bridgehead atoms. The van der Waals surface area contributed by atoms with Crippen molar-refractivity contribution in [3.8, 4) is 22.3 Å². The minimum Gasteiger partial charge on any atom is -0.501 e. The van der Waals surface area contributed by atoms with Gasteiger partial charge in [-0.25, -0.2) is 4.98 Å². The fraction of sp³-hybridized carbons (Fsp3) is 0.167. The van der Waals surface area contributed by atoms with Crippen LogP contribution in [0, 0.1) is 13.8 Å². The third-order valence-corrected chi connectivity index (χ3v) is 4.71. The van der Waals surface area contributed by atoms with Crippen LogP contribution >= 0.6 is 11.3 Å². The lowest BCUT2D eigenvalue weighted by molar-refractivity contribution is 0.0942. The SMILES string of the molecule is Cc1ccc(CNC(=O)c2nc(-c3cccs3)nc(O)c2O)cc1C. The van der Waals surface area contributed by atoms with Gasteiger partial charge >= 0.3 is 0 Å². The number of amides is 1. The lowest BCUT2D eigenvalue weighted by atomic mass is 10.1. The van der Waals surface area contributed by atoms with E-state index in [-0.39, 0.29) is 11.5 Å². The maximum atomic E-state index is 12.4. The van der Waals surface area contributed by atoms with E-state index >= 15 is 0 Å². The highest BCUT2D eigenvalue weighted by Crippen LogP contribution is 2.30. The van der Waals surface area contributed by atoms with Crippen LogP contribution in [-0.4, -0.2) is 26.1 Å². The Morgan fingerprint density at radius 2 is 1.96 bits per heavy atom. The molecule has 7 heteroatoms. The standard InChI is InChI=1S/C18H17N3O3S/c1-10-5-6-12(8-11(10)2)9-19-17(23)14-15(22)18(24)21-16(20-14)13-4-3-7-25-13/h3-8,22H,9H2,1-2H3,(H,19,23)(H,20,21,24). The summed E-state index contributed by atoms with van der Waals surface area (Å²) >= 11 is 1.37. The molecule has 0 unspecified atom stereocenters. The van der Waals surface area contributed by atoms with E-state index < -0.39 is 17.5 Å².